The van der Waals surface area contributed by atoms with Crippen LogP contribution in [0.3, 0.4) is 0 Å². The molecule has 0 saturated carbocycles. The van der Waals surface area contributed by atoms with Gasteiger partial charge in [0.1, 0.15) is 5.82 Å². The Balaban J connectivity index is 1.74. The van der Waals surface area contributed by atoms with Gasteiger partial charge in [-0.3, -0.25) is 4.90 Å². The first-order chi connectivity index (χ1) is 10.7. The maximum Gasteiger partial charge on any atom is 0.327 e. The smallest absolute Gasteiger partial charge is 0.327 e. The number of aromatic amines is 1. The maximum absolute atomic E-state index is 12.3. The Morgan fingerprint density at radius 1 is 0.909 bits per heavy atom. The molecule has 22 heavy (non-hydrogen) atoms. The largest absolute Gasteiger partial charge is 0.341 e. The van der Waals surface area contributed by atoms with Gasteiger partial charge < -0.3 is 10.3 Å². The van der Waals surface area contributed by atoms with Crippen LogP contribution in [0.15, 0.2) is 72.8 Å². The number of nitrogens with one attached hydrogen (secondary N) is 2. The summed E-state index contributed by atoms with van der Waals surface area (Å²) in [5, 5.41) is 2.86. The molecule has 1 aromatic heterocycles. The van der Waals surface area contributed by atoms with Crippen molar-refractivity contribution >= 4 is 17.5 Å². The van der Waals surface area contributed by atoms with Gasteiger partial charge in [-0.1, -0.05) is 48.5 Å². The molecule has 0 radical (unpaired) electrons. The number of carbonyl (C=O) groups excluding carboxylic acids is 1. The number of para-hydroxylation sites is 1. The highest BCUT2D eigenvalue weighted by Gasteiger charge is 2.13. The summed E-state index contributed by atoms with van der Waals surface area (Å²) in [7, 11) is 1.74. The first kappa shape index (κ1) is 13.9. The molecule has 4 heteroatoms. The van der Waals surface area contributed by atoms with Crippen molar-refractivity contribution in [2.75, 3.05) is 17.3 Å². The van der Waals surface area contributed by atoms with Crippen LogP contribution in [-0.2, 0) is 0 Å². The molecule has 0 aliphatic rings. The second kappa shape index (κ2) is 6.18. The number of anilines is 2. The number of urea groups is 1. The summed E-state index contributed by atoms with van der Waals surface area (Å²) >= 11 is 0. The number of carbonyl (C=O) groups is 1. The number of rotatable bonds is 3. The normalized spacial score (nSPS) is 10.2. The zero-order valence-corrected chi connectivity index (χ0v) is 12.3. The Bertz CT molecular complexity index is 750. The van der Waals surface area contributed by atoms with E-state index in [4.69, 9.17) is 0 Å². The van der Waals surface area contributed by atoms with Crippen molar-refractivity contribution in [1.29, 1.82) is 0 Å². The molecule has 4 nitrogen and oxygen atoms in total. The van der Waals surface area contributed by atoms with Crippen LogP contribution in [-0.4, -0.2) is 18.1 Å². The molecule has 1 heterocycles. The van der Waals surface area contributed by atoms with Crippen molar-refractivity contribution in [3.63, 3.8) is 0 Å². The Hall–Kier alpha value is -3.01. The van der Waals surface area contributed by atoms with E-state index >= 15 is 0 Å². The zero-order valence-electron chi connectivity index (χ0n) is 12.3. The minimum atomic E-state index is -0.187. The Morgan fingerprint density at radius 3 is 2.23 bits per heavy atom. The lowest BCUT2D eigenvalue weighted by atomic mass is 10.2. The third-order valence-electron chi connectivity index (χ3n) is 3.45. The van der Waals surface area contributed by atoms with Crippen molar-refractivity contribution in [2.45, 2.75) is 0 Å². The first-order valence-electron chi connectivity index (χ1n) is 7.08. The van der Waals surface area contributed by atoms with E-state index in [0.29, 0.717) is 0 Å². The molecule has 0 bridgehead atoms. The number of amides is 2. The highest BCUT2D eigenvalue weighted by atomic mass is 16.2. The predicted octanol–water partition coefficient (Wildman–Crippen LogP) is 4.35. The molecule has 3 rings (SSSR count). The summed E-state index contributed by atoms with van der Waals surface area (Å²) < 4.78 is 0. The van der Waals surface area contributed by atoms with E-state index in [1.807, 2.05) is 72.8 Å². The first-order valence-corrected chi connectivity index (χ1v) is 7.08. The topological polar surface area (TPSA) is 48.1 Å². The van der Waals surface area contributed by atoms with E-state index in [2.05, 4.69) is 10.3 Å². The Morgan fingerprint density at radius 2 is 1.55 bits per heavy atom. The van der Waals surface area contributed by atoms with Crippen LogP contribution < -0.4 is 10.2 Å². The van der Waals surface area contributed by atoms with Gasteiger partial charge in [0.2, 0.25) is 0 Å². The van der Waals surface area contributed by atoms with Gasteiger partial charge in [0, 0.05) is 18.4 Å². The summed E-state index contributed by atoms with van der Waals surface area (Å²) in [6, 6.07) is 23.1. The van der Waals surface area contributed by atoms with Crippen LogP contribution in [0, 0.1) is 0 Å². The summed E-state index contributed by atoms with van der Waals surface area (Å²) in [5.41, 5.74) is 2.84. The van der Waals surface area contributed by atoms with Gasteiger partial charge in [-0.05, 0) is 29.8 Å². The maximum atomic E-state index is 12.3. The predicted molar refractivity (Wildman–Crippen MR) is 90.1 cm³/mol. The van der Waals surface area contributed by atoms with Gasteiger partial charge in [-0.15, -0.1) is 0 Å². The van der Waals surface area contributed by atoms with Gasteiger partial charge in [-0.2, -0.15) is 0 Å². The van der Waals surface area contributed by atoms with Crippen molar-refractivity contribution in [1.82, 2.24) is 4.98 Å². The molecular formula is C18H17N3O. The molecule has 110 valence electrons. The number of nitrogens with zero attached hydrogens (tertiary/aromatic N) is 1. The third-order valence-corrected chi connectivity index (χ3v) is 3.45. The molecule has 0 aliphatic heterocycles. The number of H-pyrrole nitrogens is 1. The molecule has 3 aromatic rings. The summed E-state index contributed by atoms with van der Waals surface area (Å²) in [6.07, 6.45) is 0. The summed E-state index contributed by atoms with van der Waals surface area (Å²) in [4.78, 5) is 17.1. The highest BCUT2D eigenvalue weighted by Crippen LogP contribution is 2.22. The van der Waals surface area contributed by atoms with Gasteiger partial charge in [0.15, 0.2) is 0 Å². The lowest BCUT2D eigenvalue weighted by Crippen LogP contribution is -2.31. The van der Waals surface area contributed by atoms with Crippen molar-refractivity contribution in [3.8, 4) is 11.3 Å². The number of hydrogen-bond donors (Lipinski definition) is 2. The van der Waals surface area contributed by atoms with Gasteiger partial charge in [0.05, 0.1) is 0 Å². The average molecular weight is 291 g/mol. The van der Waals surface area contributed by atoms with Crippen LogP contribution in [0.25, 0.3) is 11.3 Å². The van der Waals surface area contributed by atoms with E-state index in [-0.39, 0.29) is 6.03 Å². The number of aromatic nitrogens is 1. The molecular weight excluding hydrogens is 274 g/mol. The molecule has 0 saturated heterocycles. The third kappa shape index (κ3) is 3.01. The lowest BCUT2D eigenvalue weighted by molar-refractivity contribution is 0.258. The van der Waals surface area contributed by atoms with E-state index < -0.39 is 0 Å². The minimum absolute atomic E-state index is 0.187. The van der Waals surface area contributed by atoms with Crippen LogP contribution in [0.5, 0.6) is 0 Å². The van der Waals surface area contributed by atoms with Crippen LogP contribution in [0.1, 0.15) is 0 Å². The van der Waals surface area contributed by atoms with Crippen LogP contribution in [0.4, 0.5) is 16.3 Å². The van der Waals surface area contributed by atoms with Gasteiger partial charge in [0.25, 0.3) is 0 Å². The zero-order chi connectivity index (χ0) is 15.4. The number of hydrogen-bond acceptors (Lipinski definition) is 1. The Labute approximate surface area is 129 Å². The molecule has 2 amide bonds. The second-order valence-corrected chi connectivity index (χ2v) is 4.98. The molecule has 0 spiro atoms. The van der Waals surface area contributed by atoms with Gasteiger partial charge >= 0.3 is 6.03 Å². The number of benzene rings is 2. The monoisotopic (exact) mass is 291 g/mol. The van der Waals surface area contributed by atoms with Gasteiger partial charge in [-0.25, -0.2) is 4.79 Å². The fourth-order valence-electron chi connectivity index (χ4n) is 2.20. The molecule has 2 N–H and O–H groups in total. The van der Waals surface area contributed by atoms with Crippen LogP contribution in [0.2, 0.25) is 0 Å². The molecule has 2 aromatic carbocycles. The molecule has 0 atom stereocenters. The summed E-state index contributed by atoms with van der Waals surface area (Å²) in [6.45, 7) is 0. The molecule has 0 fully saturated rings. The Kier molecular flexibility index (Phi) is 3.92. The quantitative estimate of drug-likeness (QED) is 0.740. The highest BCUT2D eigenvalue weighted by molar-refractivity contribution is 6.00. The fourth-order valence-corrected chi connectivity index (χ4v) is 2.20. The van der Waals surface area contributed by atoms with Crippen molar-refractivity contribution < 1.29 is 4.79 Å². The van der Waals surface area contributed by atoms with Crippen LogP contribution >= 0.6 is 0 Å². The standard InChI is InChI=1S/C18H17N3O/c1-21(18(22)19-15-10-6-3-7-11-15)17-13-12-16(20-17)14-8-4-2-5-9-14/h2-13,20H,1H3,(H,19,22). The van der Waals surface area contributed by atoms with Crippen molar-refractivity contribution in [3.05, 3.63) is 72.8 Å². The fraction of sp³-hybridized carbons (Fsp3) is 0.0556. The SMILES string of the molecule is CN(C(=O)Nc1ccccc1)c1ccc(-c2ccccc2)[nH]1. The van der Waals surface area contributed by atoms with E-state index in [0.717, 1.165) is 22.8 Å². The molecule has 0 aliphatic carbocycles. The van der Waals surface area contributed by atoms with E-state index in [1.165, 1.54) is 0 Å². The summed E-state index contributed by atoms with van der Waals surface area (Å²) in [5.74, 6) is 0.743. The lowest BCUT2D eigenvalue weighted by Gasteiger charge is -2.16. The van der Waals surface area contributed by atoms with Crippen molar-refractivity contribution in [2.24, 2.45) is 0 Å². The van der Waals surface area contributed by atoms with E-state index in [1.54, 1.807) is 11.9 Å². The van der Waals surface area contributed by atoms with E-state index in [9.17, 15) is 4.79 Å². The average Bonchev–Trinajstić information content (AvgIpc) is 3.06. The minimum Gasteiger partial charge on any atom is -0.341 e. The molecule has 0 unspecified atom stereocenters. The second-order valence-electron chi connectivity index (χ2n) is 4.98.